The van der Waals surface area contributed by atoms with Crippen LogP contribution in [0.2, 0.25) is 0 Å². The Kier molecular flexibility index (Phi) is 5.37. The van der Waals surface area contributed by atoms with E-state index in [4.69, 9.17) is 4.74 Å². The van der Waals surface area contributed by atoms with Gasteiger partial charge in [0.15, 0.2) is 11.5 Å². The Bertz CT molecular complexity index is 1240. The summed E-state index contributed by atoms with van der Waals surface area (Å²) >= 11 is 0. The minimum Gasteiger partial charge on any atom is -0.445 e. The van der Waals surface area contributed by atoms with Crippen LogP contribution in [-0.4, -0.2) is 57.0 Å². The van der Waals surface area contributed by atoms with Crippen LogP contribution in [0.1, 0.15) is 5.56 Å². The van der Waals surface area contributed by atoms with Gasteiger partial charge in [0.25, 0.3) is 0 Å². The molecule has 0 unspecified atom stereocenters. The van der Waals surface area contributed by atoms with Gasteiger partial charge in [0, 0.05) is 26.2 Å². The van der Waals surface area contributed by atoms with E-state index in [1.165, 1.54) is 6.07 Å². The van der Waals surface area contributed by atoms with E-state index in [0.29, 0.717) is 49.0 Å². The normalized spacial score (nSPS) is 14.0. The number of hydrogen-bond donors (Lipinski definition) is 0. The first-order valence-electron chi connectivity index (χ1n) is 10.4. The molecule has 2 aromatic carbocycles. The smallest absolute Gasteiger partial charge is 0.410 e. The number of carbonyl (C=O) groups is 1. The van der Waals surface area contributed by atoms with E-state index in [9.17, 15) is 9.18 Å². The van der Waals surface area contributed by atoms with Crippen LogP contribution < -0.4 is 4.90 Å². The third-order valence-corrected chi connectivity index (χ3v) is 5.43. The van der Waals surface area contributed by atoms with Gasteiger partial charge in [0.05, 0.1) is 5.56 Å². The molecule has 1 aliphatic heterocycles. The fourth-order valence-electron chi connectivity index (χ4n) is 3.69. The lowest BCUT2D eigenvalue weighted by atomic mass is 10.2. The van der Waals surface area contributed by atoms with Crippen LogP contribution in [0.3, 0.4) is 0 Å². The van der Waals surface area contributed by atoms with E-state index in [0.717, 1.165) is 5.56 Å². The Morgan fingerprint density at radius 2 is 1.66 bits per heavy atom. The van der Waals surface area contributed by atoms with E-state index in [1.54, 1.807) is 33.7 Å². The molecule has 0 radical (unpaired) electrons. The van der Waals surface area contributed by atoms with Gasteiger partial charge in [-0.15, -0.1) is 15.3 Å². The van der Waals surface area contributed by atoms with Gasteiger partial charge >= 0.3 is 6.09 Å². The van der Waals surface area contributed by atoms with Crippen LogP contribution >= 0.6 is 0 Å². The molecule has 9 heteroatoms. The number of aromatic nitrogens is 4. The summed E-state index contributed by atoms with van der Waals surface area (Å²) in [6.45, 7) is 2.52. The zero-order chi connectivity index (χ0) is 21.9. The second-order valence-electron chi connectivity index (χ2n) is 7.48. The van der Waals surface area contributed by atoms with Gasteiger partial charge in [0.2, 0.25) is 0 Å². The maximum absolute atomic E-state index is 14.3. The highest BCUT2D eigenvalue weighted by Crippen LogP contribution is 2.22. The van der Waals surface area contributed by atoms with Crippen molar-refractivity contribution >= 4 is 17.6 Å². The second kappa shape index (κ2) is 8.62. The number of piperazine rings is 1. The summed E-state index contributed by atoms with van der Waals surface area (Å²) in [7, 11) is 0. The van der Waals surface area contributed by atoms with Crippen molar-refractivity contribution in [3.8, 4) is 11.4 Å². The van der Waals surface area contributed by atoms with Gasteiger partial charge in [-0.2, -0.15) is 4.52 Å². The Morgan fingerprint density at radius 1 is 0.906 bits per heavy atom. The number of ether oxygens (including phenoxy) is 1. The summed E-state index contributed by atoms with van der Waals surface area (Å²) in [6.07, 6.45) is -0.322. The Morgan fingerprint density at radius 3 is 2.44 bits per heavy atom. The summed E-state index contributed by atoms with van der Waals surface area (Å²) in [5, 5.41) is 12.9. The summed E-state index contributed by atoms with van der Waals surface area (Å²) in [6, 6.07) is 19.7. The lowest BCUT2D eigenvalue weighted by Crippen LogP contribution is -2.49. The number of benzene rings is 2. The number of anilines is 1. The molecule has 1 saturated heterocycles. The lowest BCUT2D eigenvalue weighted by molar-refractivity contribution is 0.0941. The van der Waals surface area contributed by atoms with Gasteiger partial charge in [-0.1, -0.05) is 42.5 Å². The van der Waals surface area contributed by atoms with Crippen LogP contribution in [0.5, 0.6) is 0 Å². The highest BCUT2D eigenvalue weighted by Gasteiger charge is 2.24. The molecule has 4 aromatic rings. The number of amides is 1. The Labute approximate surface area is 183 Å². The fraction of sp³-hybridized carbons (Fsp3) is 0.217. The first-order valence-corrected chi connectivity index (χ1v) is 10.4. The van der Waals surface area contributed by atoms with Gasteiger partial charge in [-0.3, -0.25) is 0 Å². The van der Waals surface area contributed by atoms with Crippen LogP contribution in [0.25, 0.3) is 17.0 Å². The summed E-state index contributed by atoms with van der Waals surface area (Å²) in [4.78, 5) is 16.2. The average Bonchev–Trinajstić information content (AvgIpc) is 3.27. The molecular weight excluding hydrogens is 411 g/mol. The van der Waals surface area contributed by atoms with E-state index >= 15 is 0 Å². The molecule has 32 heavy (non-hydrogen) atoms. The van der Waals surface area contributed by atoms with Crippen molar-refractivity contribution in [3.05, 3.63) is 78.1 Å². The van der Waals surface area contributed by atoms with Crippen LogP contribution in [0, 0.1) is 5.82 Å². The molecule has 1 aliphatic rings. The fourth-order valence-corrected chi connectivity index (χ4v) is 3.69. The number of hydrogen-bond acceptors (Lipinski definition) is 6. The second-order valence-corrected chi connectivity index (χ2v) is 7.48. The Hall–Kier alpha value is -4.01. The molecule has 0 atom stereocenters. The zero-order valence-electron chi connectivity index (χ0n) is 17.3. The van der Waals surface area contributed by atoms with Gasteiger partial charge < -0.3 is 14.5 Å². The lowest BCUT2D eigenvalue weighted by Gasteiger charge is -2.34. The molecule has 3 heterocycles. The number of carbonyl (C=O) groups excluding carboxylic acids is 1. The molecule has 0 spiro atoms. The van der Waals surface area contributed by atoms with E-state index in [-0.39, 0.29) is 18.5 Å². The standard InChI is InChI=1S/C23H21FN6O2/c24-19-9-5-4-8-18(19)22-26-25-20-10-11-21(27-30(20)22)28-12-14-29(15-13-28)23(31)32-16-17-6-2-1-3-7-17/h1-11H,12-16H2. The van der Waals surface area contributed by atoms with Crippen LogP contribution in [0.4, 0.5) is 15.0 Å². The number of fused-ring (bicyclic) bond motifs is 1. The summed E-state index contributed by atoms with van der Waals surface area (Å²) < 4.78 is 21.2. The first-order chi connectivity index (χ1) is 15.7. The van der Waals surface area contributed by atoms with Crippen molar-refractivity contribution in [3.63, 3.8) is 0 Å². The van der Waals surface area contributed by atoms with E-state index in [2.05, 4.69) is 20.2 Å². The van der Waals surface area contributed by atoms with Crippen molar-refractivity contribution in [1.29, 1.82) is 0 Å². The molecule has 8 nitrogen and oxygen atoms in total. The molecule has 1 amide bonds. The van der Waals surface area contributed by atoms with Crippen molar-refractivity contribution < 1.29 is 13.9 Å². The minimum absolute atomic E-state index is 0.255. The SMILES string of the molecule is O=C(OCc1ccccc1)N1CCN(c2ccc3nnc(-c4ccccc4F)n3n2)CC1. The van der Waals surface area contributed by atoms with Crippen molar-refractivity contribution in [2.45, 2.75) is 6.61 Å². The zero-order valence-corrected chi connectivity index (χ0v) is 17.3. The van der Waals surface area contributed by atoms with Gasteiger partial charge in [-0.25, -0.2) is 9.18 Å². The van der Waals surface area contributed by atoms with Crippen LogP contribution in [0.15, 0.2) is 66.7 Å². The van der Waals surface area contributed by atoms with Crippen LogP contribution in [-0.2, 0) is 11.3 Å². The predicted octanol–water partition coefficient (Wildman–Crippen LogP) is 3.39. The highest BCUT2D eigenvalue weighted by molar-refractivity contribution is 5.68. The van der Waals surface area contributed by atoms with Crippen molar-refractivity contribution in [2.75, 3.05) is 31.1 Å². The molecule has 2 aromatic heterocycles. The van der Waals surface area contributed by atoms with Crippen molar-refractivity contribution in [1.82, 2.24) is 24.7 Å². The predicted molar refractivity (Wildman–Crippen MR) is 117 cm³/mol. The van der Waals surface area contributed by atoms with Crippen molar-refractivity contribution in [2.24, 2.45) is 0 Å². The molecule has 0 saturated carbocycles. The summed E-state index contributed by atoms with van der Waals surface area (Å²) in [5.74, 6) is 0.687. The molecule has 5 rings (SSSR count). The monoisotopic (exact) mass is 432 g/mol. The van der Waals surface area contributed by atoms with E-state index in [1.807, 2.05) is 36.4 Å². The molecule has 0 bridgehead atoms. The van der Waals surface area contributed by atoms with Gasteiger partial charge in [0.1, 0.15) is 18.2 Å². The summed E-state index contributed by atoms with van der Waals surface area (Å²) in [5.41, 5.74) is 1.84. The maximum Gasteiger partial charge on any atom is 0.410 e. The number of nitrogens with zero attached hydrogens (tertiary/aromatic N) is 6. The molecule has 1 fully saturated rings. The number of rotatable bonds is 4. The third-order valence-electron chi connectivity index (χ3n) is 5.43. The van der Waals surface area contributed by atoms with E-state index < -0.39 is 0 Å². The highest BCUT2D eigenvalue weighted by atomic mass is 19.1. The minimum atomic E-state index is -0.378. The molecule has 162 valence electrons. The average molecular weight is 432 g/mol. The quantitative estimate of drug-likeness (QED) is 0.492. The Balaban J connectivity index is 1.26. The molecule has 0 aliphatic carbocycles. The maximum atomic E-state index is 14.3. The molecular formula is C23H21FN6O2. The largest absolute Gasteiger partial charge is 0.445 e. The number of halogens is 1. The first kappa shape index (κ1) is 19.9. The topological polar surface area (TPSA) is 75.9 Å². The third kappa shape index (κ3) is 3.96. The molecule has 0 N–H and O–H groups in total. The van der Waals surface area contributed by atoms with Gasteiger partial charge in [-0.05, 0) is 29.8 Å².